The van der Waals surface area contributed by atoms with Crippen LogP contribution in [-0.4, -0.2) is 75.3 Å². The molecule has 1 N–H and O–H groups in total. The first-order valence-electron chi connectivity index (χ1n) is 12.3. The molecule has 3 heterocycles. The lowest BCUT2D eigenvalue weighted by molar-refractivity contribution is -0.274. The smallest absolute Gasteiger partial charge is 0.406 e. The number of halogens is 3. The summed E-state index contributed by atoms with van der Waals surface area (Å²) in [7, 11) is 0. The minimum atomic E-state index is -4.78. The first-order chi connectivity index (χ1) is 16.6. The van der Waals surface area contributed by atoms with E-state index in [-0.39, 0.29) is 29.6 Å². The molecule has 2 atom stereocenters. The maximum atomic E-state index is 13.7. The minimum absolute atomic E-state index is 0.0633. The van der Waals surface area contributed by atoms with E-state index in [1.54, 1.807) is 17.7 Å². The monoisotopic (exact) mass is 492 g/mol. The number of benzene rings is 1. The molecule has 35 heavy (non-hydrogen) atoms. The topological polar surface area (TPSA) is 70.8 Å². The van der Waals surface area contributed by atoms with E-state index in [2.05, 4.69) is 21.7 Å². The van der Waals surface area contributed by atoms with Gasteiger partial charge in [-0.3, -0.25) is 9.69 Å². The molecule has 0 radical (unpaired) electrons. The summed E-state index contributed by atoms with van der Waals surface area (Å²) in [5.74, 6) is 0.0459. The summed E-state index contributed by atoms with van der Waals surface area (Å²) in [6.45, 7) is 6.69. The van der Waals surface area contributed by atoms with E-state index in [9.17, 15) is 23.1 Å². The van der Waals surface area contributed by atoms with Gasteiger partial charge in [0, 0.05) is 44.2 Å². The average Bonchev–Trinajstić information content (AvgIpc) is 3.51. The van der Waals surface area contributed by atoms with Gasteiger partial charge in [-0.05, 0) is 50.7 Å². The molecule has 7 nitrogen and oxygen atoms in total. The molecule has 0 spiro atoms. The Labute approximate surface area is 202 Å². The normalized spacial score (nSPS) is 24.2. The van der Waals surface area contributed by atoms with Crippen LogP contribution in [0.25, 0.3) is 5.69 Å². The molecule has 1 aromatic carbocycles. The molecule has 2 saturated heterocycles. The van der Waals surface area contributed by atoms with Gasteiger partial charge in [-0.15, -0.1) is 13.2 Å². The molecule has 0 unspecified atom stereocenters. The van der Waals surface area contributed by atoms with Crippen LogP contribution < -0.4 is 4.74 Å². The van der Waals surface area contributed by atoms with Crippen molar-refractivity contribution in [2.75, 3.05) is 26.2 Å². The van der Waals surface area contributed by atoms with Crippen LogP contribution >= 0.6 is 0 Å². The predicted molar refractivity (Wildman–Crippen MR) is 123 cm³/mol. The molecule has 2 aliphatic heterocycles. The standard InChI is InChI=1S/C25H31F3N4O3/c1-15-13-31(14-21(15)33)18-8-10-30(11-9-18)24(34)22-16(2)29-32(23(22)17-6-7-17)19-4-3-5-20(12-19)35-25(26,27)28/h3-5,12,15,17-18,21,33H,6-11,13-14H2,1-2H3/t15-,21+/m1/s1. The second-order valence-electron chi connectivity index (χ2n) is 10.1. The molecule has 1 aromatic heterocycles. The Hall–Kier alpha value is -2.59. The number of hydrogen-bond acceptors (Lipinski definition) is 5. The second kappa shape index (κ2) is 9.13. The molecule has 3 aliphatic rings. The number of β-amino-alcohol motifs (C(OH)–C–C–N with tert-alkyl or cyclic N) is 1. The second-order valence-corrected chi connectivity index (χ2v) is 10.1. The number of alkyl halides is 3. The highest BCUT2D eigenvalue weighted by Gasteiger charge is 2.39. The van der Waals surface area contributed by atoms with Crippen LogP contribution in [-0.2, 0) is 0 Å². The predicted octanol–water partition coefficient (Wildman–Crippen LogP) is 3.87. The maximum absolute atomic E-state index is 13.7. The molecule has 1 saturated carbocycles. The summed E-state index contributed by atoms with van der Waals surface area (Å²) >= 11 is 0. The summed E-state index contributed by atoms with van der Waals surface area (Å²) in [5.41, 5.74) is 2.36. The zero-order chi connectivity index (χ0) is 24.9. The number of aromatic nitrogens is 2. The van der Waals surface area contributed by atoms with Crippen LogP contribution in [0.15, 0.2) is 24.3 Å². The van der Waals surface area contributed by atoms with E-state index < -0.39 is 6.36 Å². The van der Waals surface area contributed by atoms with Crippen LogP contribution in [0.1, 0.15) is 60.3 Å². The fourth-order valence-corrected chi connectivity index (χ4v) is 5.43. The zero-order valence-electron chi connectivity index (χ0n) is 20.0. The van der Waals surface area contributed by atoms with Gasteiger partial charge >= 0.3 is 6.36 Å². The Kier molecular flexibility index (Phi) is 6.29. The van der Waals surface area contributed by atoms with Crippen molar-refractivity contribution in [3.63, 3.8) is 0 Å². The Morgan fingerprint density at radius 3 is 2.46 bits per heavy atom. The van der Waals surface area contributed by atoms with Crippen molar-refractivity contribution in [1.82, 2.24) is 19.6 Å². The van der Waals surface area contributed by atoms with Crippen molar-refractivity contribution in [2.45, 2.75) is 64.0 Å². The number of carbonyl (C=O) groups excluding carboxylic acids is 1. The molecule has 1 amide bonds. The van der Waals surface area contributed by atoms with Gasteiger partial charge in [0.2, 0.25) is 0 Å². The number of hydrogen-bond donors (Lipinski definition) is 1. The third-order valence-corrected chi connectivity index (χ3v) is 7.44. The molecular formula is C25H31F3N4O3. The van der Waals surface area contributed by atoms with Crippen molar-refractivity contribution < 1.29 is 27.8 Å². The number of aliphatic hydroxyl groups excluding tert-OH is 1. The molecule has 5 rings (SSSR count). The first-order valence-corrected chi connectivity index (χ1v) is 12.3. The number of piperidine rings is 1. The zero-order valence-corrected chi connectivity index (χ0v) is 20.0. The van der Waals surface area contributed by atoms with Crippen LogP contribution in [0, 0.1) is 12.8 Å². The van der Waals surface area contributed by atoms with Gasteiger partial charge in [0.15, 0.2) is 0 Å². The van der Waals surface area contributed by atoms with Gasteiger partial charge in [0.1, 0.15) is 5.75 Å². The van der Waals surface area contributed by atoms with E-state index >= 15 is 0 Å². The maximum Gasteiger partial charge on any atom is 0.573 e. The number of aliphatic hydroxyl groups is 1. The van der Waals surface area contributed by atoms with Crippen LogP contribution in [0.3, 0.4) is 0 Å². The van der Waals surface area contributed by atoms with Gasteiger partial charge in [0.25, 0.3) is 5.91 Å². The summed E-state index contributed by atoms with van der Waals surface area (Å²) < 4.78 is 43.9. The largest absolute Gasteiger partial charge is 0.573 e. The molecule has 1 aliphatic carbocycles. The van der Waals surface area contributed by atoms with E-state index in [4.69, 9.17) is 0 Å². The lowest BCUT2D eigenvalue weighted by atomic mass is 10.0. The van der Waals surface area contributed by atoms with Crippen molar-refractivity contribution in [3.05, 3.63) is 41.2 Å². The molecule has 190 valence electrons. The Bertz CT molecular complexity index is 1080. The summed E-state index contributed by atoms with van der Waals surface area (Å²) in [6, 6.07) is 6.08. The summed E-state index contributed by atoms with van der Waals surface area (Å²) in [4.78, 5) is 17.9. The number of ether oxygens (including phenoxy) is 1. The van der Waals surface area contributed by atoms with Crippen molar-refractivity contribution in [3.8, 4) is 11.4 Å². The Morgan fingerprint density at radius 1 is 1.14 bits per heavy atom. The average molecular weight is 493 g/mol. The number of carbonyl (C=O) groups is 1. The number of rotatable bonds is 5. The Morgan fingerprint density at radius 2 is 1.86 bits per heavy atom. The van der Waals surface area contributed by atoms with E-state index in [0.717, 1.165) is 37.9 Å². The lowest BCUT2D eigenvalue weighted by Crippen LogP contribution is -2.46. The molecule has 3 fully saturated rings. The molecule has 10 heteroatoms. The highest BCUT2D eigenvalue weighted by molar-refractivity contribution is 5.97. The fourth-order valence-electron chi connectivity index (χ4n) is 5.43. The van der Waals surface area contributed by atoms with Crippen molar-refractivity contribution in [1.29, 1.82) is 0 Å². The highest BCUT2D eigenvalue weighted by Crippen LogP contribution is 2.44. The van der Waals surface area contributed by atoms with Crippen molar-refractivity contribution in [2.24, 2.45) is 5.92 Å². The van der Waals surface area contributed by atoms with Crippen LogP contribution in [0.5, 0.6) is 5.75 Å². The summed E-state index contributed by atoms with van der Waals surface area (Å²) in [6.07, 6.45) is -1.52. The van der Waals surface area contributed by atoms with E-state index in [0.29, 0.717) is 42.6 Å². The number of aryl methyl sites for hydroxylation is 1. The first kappa shape index (κ1) is 24.1. The van der Waals surface area contributed by atoms with Gasteiger partial charge in [-0.1, -0.05) is 13.0 Å². The molecule has 0 bridgehead atoms. The van der Waals surface area contributed by atoms with Gasteiger partial charge in [-0.2, -0.15) is 5.10 Å². The SMILES string of the molecule is Cc1nn(-c2cccc(OC(F)(F)F)c2)c(C2CC2)c1C(=O)N1CCC(N2C[C@@H](C)[C@@H](O)C2)CC1. The van der Waals surface area contributed by atoms with Crippen LogP contribution in [0.2, 0.25) is 0 Å². The minimum Gasteiger partial charge on any atom is -0.406 e. The quantitative estimate of drug-likeness (QED) is 0.686. The third-order valence-electron chi connectivity index (χ3n) is 7.44. The van der Waals surface area contributed by atoms with Crippen LogP contribution in [0.4, 0.5) is 13.2 Å². The van der Waals surface area contributed by atoms with Gasteiger partial charge in [0.05, 0.1) is 28.7 Å². The molecule has 2 aromatic rings. The highest BCUT2D eigenvalue weighted by atomic mass is 19.4. The fraction of sp³-hybridized carbons (Fsp3) is 0.600. The number of nitrogens with zero attached hydrogens (tertiary/aromatic N) is 4. The third kappa shape index (κ3) is 5.04. The number of amides is 1. The number of likely N-dealkylation sites (tertiary alicyclic amines) is 2. The summed E-state index contributed by atoms with van der Waals surface area (Å²) in [5, 5.41) is 14.7. The van der Waals surface area contributed by atoms with Crippen molar-refractivity contribution >= 4 is 5.91 Å². The van der Waals surface area contributed by atoms with E-state index in [1.807, 2.05) is 4.90 Å². The van der Waals surface area contributed by atoms with Gasteiger partial charge in [-0.25, -0.2) is 4.68 Å². The lowest BCUT2D eigenvalue weighted by Gasteiger charge is -2.36. The van der Waals surface area contributed by atoms with Gasteiger partial charge < -0.3 is 14.7 Å². The Balaban J connectivity index is 1.36. The molecular weight excluding hydrogens is 461 g/mol. The van der Waals surface area contributed by atoms with E-state index in [1.165, 1.54) is 18.2 Å².